The van der Waals surface area contributed by atoms with Crippen LogP contribution in [-0.4, -0.2) is 16.8 Å². The van der Waals surface area contributed by atoms with E-state index < -0.39 is 5.82 Å². The molecule has 0 bridgehead atoms. The fourth-order valence-corrected chi connectivity index (χ4v) is 1.02. The van der Waals surface area contributed by atoms with Crippen LogP contribution in [0.25, 0.3) is 0 Å². The van der Waals surface area contributed by atoms with Crippen molar-refractivity contribution < 1.29 is 14.6 Å². The van der Waals surface area contributed by atoms with E-state index in [0.717, 1.165) is 6.07 Å². The van der Waals surface area contributed by atoms with Gasteiger partial charge < -0.3 is 10.2 Å². The Bertz CT molecular complexity index is 261. The van der Waals surface area contributed by atoms with Gasteiger partial charge in [-0.15, -0.1) is 0 Å². The van der Waals surface area contributed by atoms with Crippen molar-refractivity contribution in [1.82, 2.24) is 0 Å². The molecule has 0 fully saturated rings. The Labute approximate surface area is 70.3 Å². The smallest absolute Gasteiger partial charge is 0.126 e. The standard InChI is InChI=1S/C9H11FO2/c10-8-4-3-7(2-1-5-11)9(12)6-8/h3-4,6,11-12H,1-2,5H2. The van der Waals surface area contributed by atoms with Crippen molar-refractivity contribution in [3.05, 3.63) is 29.6 Å². The summed E-state index contributed by atoms with van der Waals surface area (Å²) in [5, 5.41) is 17.7. The Morgan fingerprint density at radius 1 is 1.33 bits per heavy atom. The van der Waals surface area contributed by atoms with Crippen molar-refractivity contribution in [2.45, 2.75) is 12.8 Å². The summed E-state index contributed by atoms with van der Waals surface area (Å²) in [4.78, 5) is 0. The number of aliphatic hydroxyl groups is 1. The van der Waals surface area contributed by atoms with Gasteiger partial charge in [0.15, 0.2) is 0 Å². The summed E-state index contributed by atoms with van der Waals surface area (Å²) in [6.45, 7) is 0.0802. The van der Waals surface area contributed by atoms with E-state index in [-0.39, 0.29) is 12.4 Å². The maximum absolute atomic E-state index is 12.5. The number of hydrogen-bond donors (Lipinski definition) is 2. The molecular weight excluding hydrogens is 159 g/mol. The molecule has 0 heterocycles. The Balaban J connectivity index is 2.72. The molecule has 0 aromatic heterocycles. The van der Waals surface area contributed by atoms with Gasteiger partial charge in [0.1, 0.15) is 11.6 Å². The monoisotopic (exact) mass is 170 g/mol. The summed E-state index contributed by atoms with van der Waals surface area (Å²) in [6.07, 6.45) is 1.15. The Morgan fingerprint density at radius 3 is 2.67 bits per heavy atom. The second-order valence-corrected chi connectivity index (χ2v) is 2.60. The maximum atomic E-state index is 12.5. The minimum Gasteiger partial charge on any atom is -0.508 e. The first-order chi connectivity index (χ1) is 5.74. The lowest BCUT2D eigenvalue weighted by atomic mass is 10.1. The molecule has 0 spiro atoms. The van der Waals surface area contributed by atoms with E-state index in [1.54, 1.807) is 0 Å². The maximum Gasteiger partial charge on any atom is 0.126 e. The predicted molar refractivity (Wildman–Crippen MR) is 43.5 cm³/mol. The number of halogens is 1. The molecule has 1 aromatic carbocycles. The molecule has 0 aliphatic heterocycles. The third-order valence-electron chi connectivity index (χ3n) is 1.65. The molecule has 0 saturated heterocycles. The molecule has 0 unspecified atom stereocenters. The van der Waals surface area contributed by atoms with Crippen molar-refractivity contribution in [1.29, 1.82) is 0 Å². The van der Waals surface area contributed by atoms with Gasteiger partial charge in [-0.1, -0.05) is 6.07 Å². The number of aryl methyl sites for hydroxylation is 1. The normalized spacial score (nSPS) is 10.2. The number of benzene rings is 1. The van der Waals surface area contributed by atoms with Crippen molar-refractivity contribution in [3.63, 3.8) is 0 Å². The zero-order valence-corrected chi connectivity index (χ0v) is 6.63. The summed E-state index contributed by atoms with van der Waals surface area (Å²) >= 11 is 0. The van der Waals surface area contributed by atoms with Crippen LogP contribution in [0.1, 0.15) is 12.0 Å². The van der Waals surface area contributed by atoms with E-state index in [9.17, 15) is 9.50 Å². The van der Waals surface area contributed by atoms with Gasteiger partial charge in [0.05, 0.1) is 0 Å². The summed E-state index contributed by atoms with van der Waals surface area (Å²) in [6, 6.07) is 3.90. The molecule has 66 valence electrons. The molecule has 0 aliphatic rings. The van der Waals surface area contributed by atoms with E-state index in [1.165, 1.54) is 12.1 Å². The van der Waals surface area contributed by atoms with Crippen LogP contribution in [0.4, 0.5) is 4.39 Å². The SMILES string of the molecule is OCCCc1ccc(F)cc1O. The third-order valence-corrected chi connectivity index (χ3v) is 1.65. The van der Waals surface area contributed by atoms with Crippen LogP contribution in [0, 0.1) is 5.82 Å². The van der Waals surface area contributed by atoms with Gasteiger partial charge in [0.25, 0.3) is 0 Å². The van der Waals surface area contributed by atoms with Gasteiger partial charge >= 0.3 is 0 Å². The second kappa shape index (κ2) is 4.07. The van der Waals surface area contributed by atoms with Gasteiger partial charge in [-0.3, -0.25) is 0 Å². The lowest BCUT2D eigenvalue weighted by Gasteiger charge is -2.02. The van der Waals surface area contributed by atoms with E-state index in [0.29, 0.717) is 18.4 Å². The average molecular weight is 170 g/mol. The first-order valence-electron chi connectivity index (χ1n) is 3.82. The average Bonchev–Trinajstić information content (AvgIpc) is 2.03. The number of aromatic hydroxyl groups is 1. The van der Waals surface area contributed by atoms with Gasteiger partial charge in [0.2, 0.25) is 0 Å². The number of aliphatic hydroxyl groups excluding tert-OH is 1. The molecule has 12 heavy (non-hydrogen) atoms. The van der Waals surface area contributed by atoms with Gasteiger partial charge in [-0.05, 0) is 24.5 Å². The van der Waals surface area contributed by atoms with E-state index in [2.05, 4.69) is 0 Å². The fourth-order valence-electron chi connectivity index (χ4n) is 1.02. The summed E-state index contributed by atoms with van der Waals surface area (Å²) in [5.41, 5.74) is 0.672. The predicted octanol–water partition coefficient (Wildman–Crippen LogP) is 1.46. The zero-order valence-electron chi connectivity index (χ0n) is 6.63. The van der Waals surface area contributed by atoms with E-state index in [1.807, 2.05) is 0 Å². The molecule has 2 nitrogen and oxygen atoms in total. The molecule has 0 saturated carbocycles. The quantitative estimate of drug-likeness (QED) is 0.720. The lowest BCUT2D eigenvalue weighted by Crippen LogP contribution is -1.90. The lowest BCUT2D eigenvalue weighted by molar-refractivity contribution is 0.288. The van der Waals surface area contributed by atoms with Crippen LogP contribution in [0.5, 0.6) is 5.75 Å². The first kappa shape index (κ1) is 9.00. The van der Waals surface area contributed by atoms with Crippen LogP contribution >= 0.6 is 0 Å². The Kier molecular flexibility index (Phi) is 3.05. The van der Waals surface area contributed by atoms with Gasteiger partial charge in [-0.2, -0.15) is 0 Å². The number of rotatable bonds is 3. The molecule has 1 rings (SSSR count). The zero-order chi connectivity index (χ0) is 8.97. The van der Waals surface area contributed by atoms with Crippen LogP contribution in [0.2, 0.25) is 0 Å². The van der Waals surface area contributed by atoms with Crippen LogP contribution in [0.15, 0.2) is 18.2 Å². The van der Waals surface area contributed by atoms with Crippen molar-refractivity contribution in [2.24, 2.45) is 0 Å². The van der Waals surface area contributed by atoms with Crippen LogP contribution in [0.3, 0.4) is 0 Å². The topological polar surface area (TPSA) is 40.5 Å². The molecule has 0 atom stereocenters. The van der Waals surface area contributed by atoms with Crippen molar-refractivity contribution in [3.8, 4) is 5.75 Å². The minimum absolute atomic E-state index is 0.0385. The molecule has 0 radical (unpaired) electrons. The largest absolute Gasteiger partial charge is 0.508 e. The summed E-state index contributed by atoms with van der Waals surface area (Å²) < 4.78 is 12.5. The first-order valence-corrected chi connectivity index (χ1v) is 3.82. The van der Waals surface area contributed by atoms with E-state index in [4.69, 9.17) is 5.11 Å². The van der Waals surface area contributed by atoms with E-state index >= 15 is 0 Å². The van der Waals surface area contributed by atoms with Crippen LogP contribution < -0.4 is 0 Å². The highest BCUT2D eigenvalue weighted by atomic mass is 19.1. The van der Waals surface area contributed by atoms with Crippen LogP contribution in [-0.2, 0) is 6.42 Å². The van der Waals surface area contributed by atoms with Gasteiger partial charge in [-0.25, -0.2) is 4.39 Å². The highest BCUT2D eigenvalue weighted by Crippen LogP contribution is 2.19. The molecule has 0 aliphatic carbocycles. The van der Waals surface area contributed by atoms with Crippen molar-refractivity contribution in [2.75, 3.05) is 6.61 Å². The molecular formula is C9H11FO2. The Morgan fingerprint density at radius 2 is 2.08 bits per heavy atom. The molecule has 2 N–H and O–H groups in total. The fraction of sp³-hybridized carbons (Fsp3) is 0.333. The highest BCUT2D eigenvalue weighted by Gasteiger charge is 2.01. The number of phenolic OH excluding ortho intramolecular Hbond substituents is 1. The molecule has 3 heteroatoms. The second-order valence-electron chi connectivity index (χ2n) is 2.60. The van der Waals surface area contributed by atoms with Gasteiger partial charge in [0, 0.05) is 12.7 Å². The molecule has 1 aromatic rings. The Hall–Kier alpha value is -1.09. The summed E-state index contributed by atoms with van der Waals surface area (Å²) in [7, 11) is 0. The highest BCUT2D eigenvalue weighted by molar-refractivity contribution is 5.32. The van der Waals surface area contributed by atoms with Crippen molar-refractivity contribution >= 4 is 0 Å². The number of hydrogen-bond acceptors (Lipinski definition) is 2. The molecule has 0 amide bonds. The minimum atomic E-state index is -0.444. The summed E-state index contributed by atoms with van der Waals surface area (Å²) in [5.74, 6) is -0.483. The third kappa shape index (κ3) is 2.20. The number of phenols is 1.